The first-order valence-corrected chi connectivity index (χ1v) is 7.61. The average Bonchev–Trinajstić information content (AvgIpc) is 3.14. The molecule has 0 unspecified atom stereocenters. The fourth-order valence-corrected chi connectivity index (χ4v) is 3.64. The number of carbonyl (C=O) groups excluding carboxylic acids is 2. The van der Waals surface area contributed by atoms with E-state index in [-0.39, 0.29) is 23.5 Å². The molecule has 2 amide bonds. The first kappa shape index (κ1) is 15.6. The average molecular weight is 317 g/mol. The van der Waals surface area contributed by atoms with E-state index < -0.39 is 5.41 Å². The number of aryl methyl sites for hydroxylation is 1. The van der Waals surface area contributed by atoms with Crippen LogP contribution in [0, 0.1) is 29.6 Å². The molecule has 3 heterocycles. The van der Waals surface area contributed by atoms with Crippen molar-refractivity contribution in [2.45, 2.75) is 13.3 Å². The number of amides is 2. The predicted octanol–water partition coefficient (Wildman–Crippen LogP) is 0.684. The minimum absolute atomic E-state index is 0.0113. The minimum Gasteiger partial charge on any atom is -0.450 e. The largest absolute Gasteiger partial charge is 0.450 e. The number of carbonyl (C=O) groups is 2. The zero-order valence-corrected chi connectivity index (χ0v) is 13.2. The quantitative estimate of drug-likeness (QED) is 0.865. The number of hydrogen-bond acceptors (Lipinski definition) is 5. The molecule has 2 saturated heterocycles. The van der Waals surface area contributed by atoms with Gasteiger partial charge in [-0.2, -0.15) is 5.26 Å². The van der Waals surface area contributed by atoms with Crippen LogP contribution in [0.3, 0.4) is 0 Å². The van der Waals surface area contributed by atoms with Gasteiger partial charge in [-0.15, -0.1) is 0 Å². The molecule has 2 aliphatic heterocycles. The summed E-state index contributed by atoms with van der Waals surface area (Å²) in [6, 6.07) is 3.36. The van der Waals surface area contributed by atoms with Gasteiger partial charge in [-0.1, -0.05) is 0 Å². The van der Waals surface area contributed by atoms with Gasteiger partial charge in [-0.3, -0.25) is 9.59 Å². The Kier molecular flexibility index (Phi) is 3.86. The van der Waals surface area contributed by atoms with Gasteiger partial charge < -0.3 is 19.4 Å². The van der Waals surface area contributed by atoms with Crippen LogP contribution < -0.4 is 5.32 Å². The maximum absolute atomic E-state index is 12.8. The Labute approximate surface area is 134 Å². The van der Waals surface area contributed by atoms with E-state index in [0.29, 0.717) is 44.0 Å². The first-order valence-electron chi connectivity index (χ1n) is 7.61. The third-order valence-corrected chi connectivity index (χ3v) is 4.93. The molecule has 0 saturated carbocycles. The summed E-state index contributed by atoms with van der Waals surface area (Å²) < 4.78 is 10.7. The lowest BCUT2D eigenvalue weighted by Crippen LogP contribution is -2.49. The molecule has 1 N–H and O–H groups in total. The second-order valence-corrected chi connectivity index (χ2v) is 6.14. The number of nitrogens with zero attached hydrogens (tertiary/aromatic N) is 2. The lowest BCUT2D eigenvalue weighted by molar-refractivity contribution is -0.138. The van der Waals surface area contributed by atoms with Gasteiger partial charge in [0.25, 0.3) is 5.91 Å². The molecule has 7 nitrogen and oxygen atoms in total. The number of ether oxygens (including phenoxy) is 1. The molecule has 122 valence electrons. The summed E-state index contributed by atoms with van der Waals surface area (Å²) in [5.41, 5.74) is -0.202. The second kappa shape index (κ2) is 5.70. The second-order valence-electron chi connectivity index (χ2n) is 6.14. The summed E-state index contributed by atoms with van der Waals surface area (Å²) in [5.74, 6) is 0.287. The topological polar surface area (TPSA) is 95.6 Å². The number of fused-ring (bicyclic) bond motifs is 1. The highest BCUT2D eigenvalue weighted by atomic mass is 16.5. The Bertz CT molecular complexity index is 690. The van der Waals surface area contributed by atoms with E-state index in [9.17, 15) is 9.59 Å². The normalized spacial score (nSPS) is 26.5. The van der Waals surface area contributed by atoms with Gasteiger partial charge in [-0.25, -0.2) is 0 Å². The summed E-state index contributed by atoms with van der Waals surface area (Å²) in [5, 5.41) is 11.6. The standard InChI is InChI=1S/C16H19N3O4/c1-10-13(5-12(6-17)23-10)14(20)19-7-11-8-22-4-3-16(11,9-19)15(21)18-2/h5,11H,3-4,7-9H2,1-2H3,(H,18,21)/t11-,16+/m1/s1. The van der Waals surface area contributed by atoms with Gasteiger partial charge in [0.2, 0.25) is 11.7 Å². The number of rotatable bonds is 2. The van der Waals surface area contributed by atoms with Gasteiger partial charge in [0, 0.05) is 38.7 Å². The summed E-state index contributed by atoms with van der Waals surface area (Å²) in [7, 11) is 1.62. The van der Waals surface area contributed by atoms with Gasteiger partial charge >= 0.3 is 0 Å². The summed E-state index contributed by atoms with van der Waals surface area (Å²) in [4.78, 5) is 26.9. The van der Waals surface area contributed by atoms with Gasteiger partial charge in [-0.05, 0) is 13.3 Å². The van der Waals surface area contributed by atoms with E-state index in [2.05, 4.69) is 5.32 Å². The van der Waals surface area contributed by atoms with Crippen molar-refractivity contribution in [3.63, 3.8) is 0 Å². The molecule has 0 aliphatic carbocycles. The number of likely N-dealkylation sites (tertiary alicyclic amines) is 1. The molecule has 0 bridgehead atoms. The molecule has 2 fully saturated rings. The van der Waals surface area contributed by atoms with E-state index >= 15 is 0 Å². The Morgan fingerprint density at radius 1 is 1.52 bits per heavy atom. The first-order chi connectivity index (χ1) is 11.0. The van der Waals surface area contributed by atoms with Crippen molar-refractivity contribution >= 4 is 11.8 Å². The number of hydrogen-bond donors (Lipinski definition) is 1. The third-order valence-electron chi connectivity index (χ3n) is 4.93. The number of nitrogens with one attached hydrogen (secondary N) is 1. The van der Waals surface area contributed by atoms with E-state index in [0.717, 1.165) is 0 Å². The maximum Gasteiger partial charge on any atom is 0.257 e. The number of nitriles is 1. The van der Waals surface area contributed by atoms with Gasteiger partial charge in [0.1, 0.15) is 11.8 Å². The van der Waals surface area contributed by atoms with Crippen molar-refractivity contribution in [1.29, 1.82) is 5.26 Å². The summed E-state index contributed by atoms with van der Waals surface area (Å²) >= 11 is 0. The van der Waals surface area contributed by atoms with E-state index in [1.54, 1.807) is 18.9 Å². The smallest absolute Gasteiger partial charge is 0.257 e. The van der Waals surface area contributed by atoms with Gasteiger partial charge in [0.15, 0.2) is 0 Å². The highest BCUT2D eigenvalue weighted by Gasteiger charge is 2.54. The zero-order valence-electron chi connectivity index (χ0n) is 13.2. The SMILES string of the molecule is CNC(=O)[C@]12CCOC[C@H]1CN(C(=O)c1cc(C#N)oc1C)C2. The van der Waals surface area contributed by atoms with Crippen LogP contribution in [-0.4, -0.2) is 50.1 Å². The minimum atomic E-state index is -0.585. The molecule has 7 heteroatoms. The van der Waals surface area contributed by atoms with Crippen LogP contribution >= 0.6 is 0 Å². The third kappa shape index (κ3) is 2.39. The molecule has 0 aromatic carbocycles. The van der Waals surface area contributed by atoms with Crippen molar-refractivity contribution in [2.75, 3.05) is 33.4 Å². The molecule has 0 spiro atoms. The Hall–Kier alpha value is -2.33. The molecular weight excluding hydrogens is 298 g/mol. The van der Waals surface area contributed by atoms with Crippen LogP contribution in [-0.2, 0) is 9.53 Å². The molecule has 0 radical (unpaired) electrons. The number of furan rings is 1. The highest BCUT2D eigenvalue weighted by Crippen LogP contribution is 2.43. The summed E-state index contributed by atoms with van der Waals surface area (Å²) in [6.45, 7) is 3.50. The maximum atomic E-state index is 12.8. The molecule has 23 heavy (non-hydrogen) atoms. The van der Waals surface area contributed by atoms with Crippen molar-refractivity contribution in [3.8, 4) is 6.07 Å². The predicted molar refractivity (Wildman–Crippen MR) is 79.5 cm³/mol. The van der Waals surface area contributed by atoms with Crippen LogP contribution in [0.2, 0.25) is 0 Å². The Morgan fingerprint density at radius 3 is 2.96 bits per heavy atom. The van der Waals surface area contributed by atoms with E-state index in [1.165, 1.54) is 6.07 Å². The highest BCUT2D eigenvalue weighted by molar-refractivity contribution is 5.96. The molecule has 1 aromatic rings. The summed E-state index contributed by atoms with van der Waals surface area (Å²) in [6.07, 6.45) is 0.606. The van der Waals surface area contributed by atoms with Crippen LogP contribution in [0.25, 0.3) is 0 Å². The lowest BCUT2D eigenvalue weighted by atomic mass is 9.73. The van der Waals surface area contributed by atoms with E-state index in [4.69, 9.17) is 14.4 Å². The zero-order chi connectivity index (χ0) is 16.6. The molecule has 2 aliphatic rings. The Morgan fingerprint density at radius 2 is 2.30 bits per heavy atom. The molecular formula is C16H19N3O4. The van der Waals surface area contributed by atoms with Crippen LogP contribution in [0.1, 0.15) is 28.3 Å². The molecule has 1 aromatic heterocycles. The van der Waals surface area contributed by atoms with Crippen molar-refractivity contribution in [1.82, 2.24) is 10.2 Å². The van der Waals surface area contributed by atoms with Crippen LogP contribution in [0.4, 0.5) is 0 Å². The fraction of sp³-hybridized carbons (Fsp3) is 0.562. The monoisotopic (exact) mass is 317 g/mol. The van der Waals surface area contributed by atoms with Crippen LogP contribution in [0.15, 0.2) is 10.5 Å². The fourth-order valence-electron chi connectivity index (χ4n) is 3.64. The van der Waals surface area contributed by atoms with Crippen molar-refractivity contribution in [2.24, 2.45) is 11.3 Å². The van der Waals surface area contributed by atoms with Crippen molar-refractivity contribution < 1.29 is 18.7 Å². The van der Waals surface area contributed by atoms with Crippen LogP contribution in [0.5, 0.6) is 0 Å². The van der Waals surface area contributed by atoms with E-state index in [1.807, 2.05) is 6.07 Å². The van der Waals surface area contributed by atoms with Gasteiger partial charge in [0.05, 0.1) is 17.6 Å². The Balaban J connectivity index is 1.87. The molecule has 2 atom stereocenters. The van der Waals surface area contributed by atoms with Crippen molar-refractivity contribution in [3.05, 3.63) is 23.2 Å². The molecule has 3 rings (SSSR count). The lowest BCUT2D eigenvalue weighted by Gasteiger charge is -2.36.